The van der Waals surface area contributed by atoms with Gasteiger partial charge in [-0.3, -0.25) is 0 Å². The van der Waals surface area contributed by atoms with Gasteiger partial charge in [-0.2, -0.15) is 0 Å². The monoisotopic (exact) mass is 363 g/mol. The molecule has 1 unspecified atom stereocenters. The fourth-order valence-corrected chi connectivity index (χ4v) is 2.21. The molecule has 1 N–H and O–H groups in total. The minimum Gasteiger partial charge on any atom is -0.444 e. The zero-order valence-electron chi connectivity index (χ0n) is 15.7. The average Bonchev–Trinajstić information content (AvgIpc) is 2.55. The summed E-state index contributed by atoms with van der Waals surface area (Å²) in [7, 11) is 0. The van der Waals surface area contributed by atoms with Crippen molar-refractivity contribution in [3.63, 3.8) is 0 Å². The maximum absolute atomic E-state index is 12.1. The van der Waals surface area contributed by atoms with Gasteiger partial charge in [0.25, 0.3) is 0 Å². The topological polar surface area (TPSA) is 86.7 Å². The van der Waals surface area contributed by atoms with E-state index < -0.39 is 5.60 Å². The number of aliphatic hydroxyl groups is 1. The van der Waals surface area contributed by atoms with Crippen LogP contribution in [0.25, 0.3) is 0 Å². The number of aliphatic hydroxyl groups excluding tert-OH is 1. The molecule has 148 valence electrons. The van der Waals surface area contributed by atoms with Gasteiger partial charge in [0.2, 0.25) is 0 Å². The Hall–Kier alpha value is -0.930. The summed E-state index contributed by atoms with van der Waals surface area (Å²) < 4.78 is 27.0. The number of nitrogens with zero attached hydrogens (tertiary/aromatic N) is 1. The Morgan fingerprint density at radius 1 is 1.08 bits per heavy atom. The molecule has 1 amide bonds. The van der Waals surface area contributed by atoms with Crippen LogP contribution in [0.4, 0.5) is 4.79 Å². The summed E-state index contributed by atoms with van der Waals surface area (Å²) >= 11 is 0. The zero-order chi connectivity index (χ0) is 18.5. The molecule has 8 heteroatoms. The highest BCUT2D eigenvalue weighted by atomic mass is 16.6. The Morgan fingerprint density at radius 3 is 2.28 bits per heavy atom. The van der Waals surface area contributed by atoms with Gasteiger partial charge in [0.15, 0.2) is 0 Å². The van der Waals surface area contributed by atoms with E-state index >= 15 is 0 Å². The van der Waals surface area contributed by atoms with Gasteiger partial charge in [-0.05, 0) is 27.2 Å². The summed E-state index contributed by atoms with van der Waals surface area (Å²) in [4.78, 5) is 13.8. The van der Waals surface area contributed by atoms with Gasteiger partial charge in [0.1, 0.15) is 5.60 Å². The van der Waals surface area contributed by atoms with Crippen molar-refractivity contribution in [2.45, 2.75) is 38.9 Å². The van der Waals surface area contributed by atoms with Crippen LogP contribution in [0.3, 0.4) is 0 Å². The van der Waals surface area contributed by atoms with Gasteiger partial charge in [-0.15, -0.1) is 0 Å². The first kappa shape index (κ1) is 22.1. The van der Waals surface area contributed by atoms with Crippen LogP contribution in [-0.4, -0.2) is 93.7 Å². The molecule has 25 heavy (non-hydrogen) atoms. The third-order valence-electron chi connectivity index (χ3n) is 3.35. The largest absolute Gasteiger partial charge is 0.444 e. The summed E-state index contributed by atoms with van der Waals surface area (Å²) in [5.41, 5.74) is -0.489. The molecule has 0 radical (unpaired) electrons. The Balaban J connectivity index is 2.04. The predicted molar refractivity (Wildman–Crippen MR) is 91.7 cm³/mol. The number of amides is 1. The number of carbonyl (C=O) groups is 1. The van der Waals surface area contributed by atoms with E-state index in [0.29, 0.717) is 59.3 Å². The lowest BCUT2D eigenvalue weighted by atomic mass is 10.2. The van der Waals surface area contributed by atoms with Gasteiger partial charge in [0.05, 0.1) is 58.9 Å². The first-order valence-electron chi connectivity index (χ1n) is 8.86. The summed E-state index contributed by atoms with van der Waals surface area (Å²) in [6.45, 7) is 10.0. The quantitative estimate of drug-likeness (QED) is 0.549. The number of carbonyl (C=O) groups excluding carboxylic acids is 1. The highest BCUT2D eigenvalue weighted by Gasteiger charge is 2.27. The van der Waals surface area contributed by atoms with E-state index in [0.717, 1.165) is 6.42 Å². The average molecular weight is 363 g/mol. The number of morpholine rings is 1. The summed E-state index contributed by atoms with van der Waals surface area (Å²) in [6, 6.07) is 0. The minimum atomic E-state index is -0.489. The van der Waals surface area contributed by atoms with Gasteiger partial charge in [0, 0.05) is 13.2 Å². The molecular weight excluding hydrogens is 330 g/mol. The second-order valence-corrected chi connectivity index (χ2v) is 6.77. The Labute approximate surface area is 150 Å². The number of rotatable bonds is 11. The van der Waals surface area contributed by atoms with Crippen LogP contribution in [0.2, 0.25) is 0 Å². The van der Waals surface area contributed by atoms with Crippen molar-refractivity contribution >= 4 is 6.09 Å². The molecule has 1 saturated heterocycles. The molecule has 1 rings (SSSR count). The maximum atomic E-state index is 12.1. The fourth-order valence-electron chi connectivity index (χ4n) is 2.21. The molecule has 1 fully saturated rings. The van der Waals surface area contributed by atoms with E-state index in [1.165, 1.54) is 0 Å². The van der Waals surface area contributed by atoms with Crippen molar-refractivity contribution in [1.29, 1.82) is 0 Å². The van der Waals surface area contributed by atoms with Crippen molar-refractivity contribution < 1.29 is 33.6 Å². The lowest BCUT2D eigenvalue weighted by Gasteiger charge is -2.34. The highest BCUT2D eigenvalue weighted by Crippen LogP contribution is 2.14. The molecule has 1 atom stereocenters. The number of ether oxygens (including phenoxy) is 5. The van der Waals surface area contributed by atoms with Crippen LogP contribution < -0.4 is 0 Å². The van der Waals surface area contributed by atoms with Crippen LogP contribution in [0.1, 0.15) is 27.2 Å². The van der Waals surface area contributed by atoms with E-state index in [2.05, 4.69) is 0 Å². The van der Waals surface area contributed by atoms with Crippen molar-refractivity contribution in [2.75, 3.05) is 65.9 Å². The maximum Gasteiger partial charge on any atom is 0.410 e. The van der Waals surface area contributed by atoms with Crippen molar-refractivity contribution in [3.8, 4) is 0 Å². The van der Waals surface area contributed by atoms with Crippen molar-refractivity contribution in [2.24, 2.45) is 0 Å². The van der Waals surface area contributed by atoms with E-state index in [9.17, 15) is 4.79 Å². The van der Waals surface area contributed by atoms with Crippen LogP contribution in [0.5, 0.6) is 0 Å². The molecule has 0 aromatic rings. The molecule has 1 aliphatic heterocycles. The summed E-state index contributed by atoms with van der Waals surface area (Å²) in [5.74, 6) is 0. The zero-order valence-corrected chi connectivity index (χ0v) is 15.7. The van der Waals surface area contributed by atoms with Gasteiger partial charge < -0.3 is 33.7 Å². The van der Waals surface area contributed by atoms with Crippen LogP contribution in [-0.2, 0) is 23.7 Å². The first-order valence-corrected chi connectivity index (χ1v) is 8.86. The Kier molecular flexibility index (Phi) is 11.0. The molecule has 0 saturated carbocycles. The van der Waals surface area contributed by atoms with E-state index in [1.807, 2.05) is 20.8 Å². The second kappa shape index (κ2) is 12.4. The standard InChI is InChI=1S/C17H33NO7/c1-17(2,3)25-16(20)18-5-8-24-15(14-18)4-7-21-10-12-23-13-11-22-9-6-19/h15,19H,4-14H2,1-3H3. The minimum absolute atomic E-state index is 0.0255. The first-order chi connectivity index (χ1) is 11.9. The number of hydrogen-bond acceptors (Lipinski definition) is 7. The van der Waals surface area contributed by atoms with Crippen LogP contribution in [0.15, 0.2) is 0 Å². The summed E-state index contributed by atoms with van der Waals surface area (Å²) in [5, 5.41) is 8.55. The Bertz CT molecular complexity index is 359. The van der Waals surface area contributed by atoms with E-state index in [4.69, 9.17) is 28.8 Å². The fraction of sp³-hybridized carbons (Fsp3) is 0.941. The number of hydrogen-bond donors (Lipinski definition) is 1. The second-order valence-electron chi connectivity index (χ2n) is 6.77. The van der Waals surface area contributed by atoms with Gasteiger partial charge in [-0.25, -0.2) is 4.79 Å². The van der Waals surface area contributed by atoms with Crippen LogP contribution >= 0.6 is 0 Å². The molecule has 1 aliphatic rings. The van der Waals surface area contributed by atoms with E-state index in [1.54, 1.807) is 4.90 Å². The lowest BCUT2D eigenvalue weighted by Crippen LogP contribution is -2.47. The molecule has 8 nitrogen and oxygen atoms in total. The predicted octanol–water partition coefficient (Wildman–Crippen LogP) is 1.05. The molecule has 0 aromatic carbocycles. The highest BCUT2D eigenvalue weighted by molar-refractivity contribution is 5.68. The molecular formula is C17H33NO7. The van der Waals surface area contributed by atoms with Crippen molar-refractivity contribution in [1.82, 2.24) is 4.90 Å². The third kappa shape index (κ3) is 11.3. The lowest BCUT2D eigenvalue weighted by molar-refractivity contribution is -0.0552. The smallest absolute Gasteiger partial charge is 0.410 e. The van der Waals surface area contributed by atoms with Gasteiger partial charge >= 0.3 is 6.09 Å². The normalized spacial score (nSPS) is 18.4. The summed E-state index contributed by atoms with van der Waals surface area (Å²) in [6.07, 6.45) is 0.395. The Morgan fingerprint density at radius 2 is 1.68 bits per heavy atom. The van der Waals surface area contributed by atoms with Crippen LogP contribution in [0, 0.1) is 0 Å². The molecule has 0 bridgehead atoms. The van der Waals surface area contributed by atoms with Crippen molar-refractivity contribution in [3.05, 3.63) is 0 Å². The van der Waals surface area contributed by atoms with E-state index in [-0.39, 0.29) is 18.8 Å². The molecule has 0 spiro atoms. The third-order valence-corrected chi connectivity index (χ3v) is 3.35. The molecule has 0 aromatic heterocycles. The SMILES string of the molecule is CC(C)(C)OC(=O)N1CCOC(CCOCCOCCOCCO)C1. The molecule has 1 heterocycles. The van der Waals surface area contributed by atoms with Gasteiger partial charge in [-0.1, -0.05) is 0 Å². The molecule has 0 aliphatic carbocycles.